The maximum Gasteiger partial charge on any atom is 0.258 e. The molecule has 1 heterocycles. The lowest BCUT2D eigenvalue weighted by Gasteiger charge is -2.19. The maximum absolute atomic E-state index is 12.4. The van der Waals surface area contributed by atoms with Crippen molar-refractivity contribution < 1.29 is 9.59 Å². The normalized spacial score (nSPS) is 10.3. The molecule has 0 saturated heterocycles. The summed E-state index contributed by atoms with van der Waals surface area (Å²) in [6, 6.07) is 9.76. The molecule has 126 valence electrons. The molecule has 0 saturated carbocycles. The van der Waals surface area contributed by atoms with E-state index in [4.69, 9.17) is 23.2 Å². The molecule has 0 spiro atoms. The monoisotopic (exact) mass is 365 g/mol. The number of pyridine rings is 1. The summed E-state index contributed by atoms with van der Waals surface area (Å²) in [5.41, 5.74) is 1.22. The number of anilines is 1. The molecule has 0 radical (unpaired) electrons. The molecule has 2 rings (SSSR count). The first-order valence-electron chi connectivity index (χ1n) is 7.49. The van der Waals surface area contributed by atoms with Crippen LogP contribution in [0.5, 0.6) is 0 Å². The quantitative estimate of drug-likeness (QED) is 0.810. The Morgan fingerprint density at radius 3 is 2.46 bits per heavy atom. The zero-order valence-electron chi connectivity index (χ0n) is 13.3. The van der Waals surface area contributed by atoms with Crippen molar-refractivity contribution >= 4 is 40.7 Å². The first-order valence-corrected chi connectivity index (χ1v) is 8.24. The van der Waals surface area contributed by atoms with E-state index in [1.54, 1.807) is 29.2 Å². The lowest BCUT2D eigenvalue weighted by Crippen LogP contribution is -2.30. The highest BCUT2D eigenvalue weighted by Crippen LogP contribution is 2.19. The van der Waals surface area contributed by atoms with Crippen LogP contribution in [0.4, 0.5) is 5.69 Å². The number of aromatic nitrogens is 1. The van der Waals surface area contributed by atoms with Crippen molar-refractivity contribution in [3.8, 4) is 0 Å². The lowest BCUT2D eigenvalue weighted by atomic mass is 10.1. The van der Waals surface area contributed by atoms with Gasteiger partial charge in [-0.05, 0) is 44.2 Å². The number of nitrogens with zero attached hydrogens (tertiary/aromatic N) is 2. The van der Waals surface area contributed by atoms with E-state index in [-0.39, 0.29) is 21.8 Å². The van der Waals surface area contributed by atoms with E-state index < -0.39 is 5.91 Å². The summed E-state index contributed by atoms with van der Waals surface area (Å²) in [5, 5.41) is 2.95. The van der Waals surface area contributed by atoms with Crippen LogP contribution >= 0.6 is 23.2 Å². The van der Waals surface area contributed by atoms with E-state index in [0.717, 1.165) is 0 Å². The van der Waals surface area contributed by atoms with Gasteiger partial charge in [-0.25, -0.2) is 4.98 Å². The molecule has 7 heteroatoms. The number of carbonyl (C=O) groups excluding carboxylic acids is 2. The van der Waals surface area contributed by atoms with E-state index in [9.17, 15) is 9.59 Å². The molecule has 2 amide bonds. The molecule has 0 unspecified atom stereocenters. The van der Waals surface area contributed by atoms with Crippen LogP contribution in [-0.2, 0) is 0 Å². The summed E-state index contributed by atoms with van der Waals surface area (Å²) < 4.78 is 0. The number of hydrogen-bond acceptors (Lipinski definition) is 3. The van der Waals surface area contributed by atoms with Gasteiger partial charge in [0, 0.05) is 24.3 Å². The fourth-order valence-corrected chi connectivity index (χ4v) is 2.63. The van der Waals surface area contributed by atoms with E-state index in [1.807, 2.05) is 13.8 Å². The predicted octanol–water partition coefficient (Wildman–Crippen LogP) is 4.12. The van der Waals surface area contributed by atoms with Crippen molar-refractivity contribution in [1.82, 2.24) is 9.88 Å². The molecular formula is C17H17Cl2N3O2. The summed E-state index contributed by atoms with van der Waals surface area (Å²) in [6.45, 7) is 5.08. The number of amides is 2. The summed E-state index contributed by atoms with van der Waals surface area (Å²) in [7, 11) is 0. The van der Waals surface area contributed by atoms with E-state index in [2.05, 4.69) is 10.3 Å². The number of hydrogen-bond donors (Lipinski definition) is 1. The second-order valence-corrected chi connectivity index (χ2v) is 5.73. The Morgan fingerprint density at radius 2 is 1.83 bits per heavy atom. The Kier molecular flexibility index (Phi) is 6.17. The van der Waals surface area contributed by atoms with Crippen LogP contribution in [0.1, 0.15) is 34.6 Å². The molecule has 2 aromatic rings. The Bertz CT molecular complexity index is 761. The molecule has 5 nitrogen and oxygen atoms in total. The van der Waals surface area contributed by atoms with Gasteiger partial charge in [-0.15, -0.1) is 0 Å². The van der Waals surface area contributed by atoms with Crippen LogP contribution in [0.15, 0.2) is 36.4 Å². The number of halogens is 2. The van der Waals surface area contributed by atoms with Crippen LogP contribution in [-0.4, -0.2) is 34.8 Å². The van der Waals surface area contributed by atoms with Crippen molar-refractivity contribution in [3.63, 3.8) is 0 Å². The predicted molar refractivity (Wildman–Crippen MR) is 95.9 cm³/mol. The number of nitrogens with one attached hydrogen (secondary N) is 1. The van der Waals surface area contributed by atoms with Gasteiger partial charge in [-0.2, -0.15) is 0 Å². The number of carbonyl (C=O) groups is 2. The third-order valence-corrected chi connectivity index (χ3v) is 3.98. The molecular weight excluding hydrogens is 349 g/mol. The fraction of sp³-hybridized carbons (Fsp3) is 0.235. The standard InChI is InChI=1S/C17H17Cl2N3O2/c1-3-22(4-2)17(24)11-6-5-7-12(10-11)20-16(23)13-8-9-14(18)21-15(13)19/h5-10H,3-4H2,1-2H3,(H,20,23). The van der Waals surface area contributed by atoms with Crippen LogP contribution in [0.3, 0.4) is 0 Å². The van der Waals surface area contributed by atoms with Crippen molar-refractivity contribution in [2.24, 2.45) is 0 Å². The topological polar surface area (TPSA) is 62.3 Å². The van der Waals surface area contributed by atoms with Gasteiger partial charge in [-0.3, -0.25) is 9.59 Å². The third kappa shape index (κ3) is 4.24. The van der Waals surface area contributed by atoms with E-state index in [1.165, 1.54) is 12.1 Å². The van der Waals surface area contributed by atoms with Gasteiger partial charge in [-0.1, -0.05) is 29.3 Å². The SMILES string of the molecule is CCN(CC)C(=O)c1cccc(NC(=O)c2ccc(Cl)nc2Cl)c1. The van der Waals surface area contributed by atoms with Gasteiger partial charge >= 0.3 is 0 Å². The highest BCUT2D eigenvalue weighted by atomic mass is 35.5. The first kappa shape index (κ1) is 18.2. The third-order valence-electron chi connectivity index (χ3n) is 3.48. The van der Waals surface area contributed by atoms with Gasteiger partial charge in [0.1, 0.15) is 10.3 Å². The molecule has 1 aromatic heterocycles. The molecule has 24 heavy (non-hydrogen) atoms. The van der Waals surface area contributed by atoms with Crippen molar-refractivity contribution in [2.75, 3.05) is 18.4 Å². The Morgan fingerprint density at radius 1 is 1.12 bits per heavy atom. The smallest absolute Gasteiger partial charge is 0.258 e. The van der Waals surface area contributed by atoms with Crippen molar-refractivity contribution in [3.05, 3.63) is 57.8 Å². The van der Waals surface area contributed by atoms with E-state index >= 15 is 0 Å². The molecule has 0 aliphatic heterocycles. The van der Waals surface area contributed by atoms with Gasteiger partial charge in [0.15, 0.2) is 0 Å². The van der Waals surface area contributed by atoms with Gasteiger partial charge in [0.25, 0.3) is 11.8 Å². The molecule has 1 N–H and O–H groups in total. The van der Waals surface area contributed by atoms with Gasteiger partial charge in [0.05, 0.1) is 5.56 Å². The number of benzene rings is 1. The number of rotatable bonds is 5. The van der Waals surface area contributed by atoms with Crippen LogP contribution in [0, 0.1) is 0 Å². The molecule has 0 fully saturated rings. The highest BCUT2D eigenvalue weighted by molar-refractivity contribution is 6.35. The zero-order valence-corrected chi connectivity index (χ0v) is 14.9. The molecule has 1 aromatic carbocycles. The van der Waals surface area contributed by atoms with Gasteiger partial charge < -0.3 is 10.2 Å². The minimum absolute atomic E-state index is 0.0235. The molecule has 0 bridgehead atoms. The minimum atomic E-state index is -0.420. The zero-order chi connectivity index (χ0) is 17.7. The summed E-state index contributed by atoms with van der Waals surface area (Å²) >= 11 is 11.7. The van der Waals surface area contributed by atoms with Crippen molar-refractivity contribution in [1.29, 1.82) is 0 Å². The minimum Gasteiger partial charge on any atom is -0.339 e. The Hall–Kier alpha value is -2.11. The van der Waals surface area contributed by atoms with Crippen molar-refractivity contribution in [2.45, 2.75) is 13.8 Å². The molecule has 0 aliphatic carbocycles. The maximum atomic E-state index is 12.4. The Balaban J connectivity index is 2.20. The second-order valence-electron chi connectivity index (χ2n) is 4.98. The van der Waals surface area contributed by atoms with E-state index in [0.29, 0.717) is 24.3 Å². The summed E-state index contributed by atoms with van der Waals surface area (Å²) in [4.78, 5) is 30.2. The second kappa shape index (κ2) is 8.13. The summed E-state index contributed by atoms with van der Waals surface area (Å²) in [5.74, 6) is -0.501. The first-order chi connectivity index (χ1) is 11.5. The average Bonchev–Trinajstić information content (AvgIpc) is 2.56. The highest BCUT2D eigenvalue weighted by Gasteiger charge is 2.15. The van der Waals surface area contributed by atoms with Crippen LogP contribution < -0.4 is 5.32 Å². The van der Waals surface area contributed by atoms with Gasteiger partial charge in [0.2, 0.25) is 0 Å². The largest absolute Gasteiger partial charge is 0.339 e. The lowest BCUT2D eigenvalue weighted by molar-refractivity contribution is 0.0772. The molecule has 0 aliphatic rings. The Labute approximate surface area is 150 Å². The summed E-state index contributed by atoms with van der Waals surface area (Å²) in [6.07, 6.45) is 0. The average molecular weight is 366 g/mol. The molecule has 0 atom stereocenters. The fourth-order valence-electron chi connectivity index (χ4n) is 2.20. The van der Waals surface area contributed by atoms with Crippen LogP contribution in [0.25, 0.3) is 0 Å². The van der Waals surface area contributed by atoms with Crippen LogP contribution in [0.2, 0.25) is 10.3 Å².